The maximum absolute atomic E-state index is 13.7. The van der Waals surface area contributed by atoms with Crippen LogP contribution < -0.4 is 20.9 Å². The number of aryl methyl sites for hydroxylation is 1. The Bertz CT molecular complexity index is 1570. The second kappa shape index (κ2) is 11.4. The zero-order valence-electron chi connectivity index (χ0n) is 22.8. The molecule has 1 aliphatic heterocycles. The van der Waals surface area contributed by atoms with Crippen molar-refractivity contribution in [2.45, 2.75) is 25.8 Å². The molecule has 3 heterocycles. The predicted molar refractivity (Wildman–Crippen MR) is 154 cm³/mol. The van der Waals surface area contributed by atoms with Gasteiger partial charge in [-0.1, -0.05) is 30.3 Å². The number of methoxy groups -OCH3 is 2. The van der Waals surface area contributed by atoms with Gasteiger partial charge in [0, 0.05) is 48.9 Å². The van der Waals surface area contributed by atoms with Crippen LogP contribution in [0.25, 0.3) is 0 Å². The van der Waals surface area contributed by atoms with Crippen molar-refractivity contribution in [1.29, 1.82) is 0 Å². The van der Waals surface area contributed by atoms with Crippen LogP contribution in [-0.2, 0) is 12.8 Å². The monoisotopic (exact) mass is 536 g/mol. The van der Waals surface area contributed by atoms with E-state index in [0.717, 1.165) is 29.8 Å². The van der Waals surface area contributed by atoms with Crippen LogP contribution in [0.3, 0.4) is 0 Å². The zero-order chi connectivity index (χ0) is 28.2. The van der Waals surface area contributed by atoms with Crippen LogP contribution in [0.2, 0.25) is 0 Å². The lowest BCUT2D eigenvalue weighted by molar-refractivity contribution is 0.104. The number of hydrogen-bond acceptors (Lipinski definition) is 9. The smallest absolute Gasteiger partial charge is 0.221 e. The molecular weight excluding hydrogens is 504 g/mol. The second-order valence-electron chi connectivity index (χ2n) is 9.70. The van der Waals surface area contributed by atoms with Gasteiger partial charge < -0.3 is 25.8 Å². The first-order valence-electron chi connectivity index (χ1n) is 13.0. The molecule has 2 aromatic carbocycles. The van der Waals surface area contributed by atoms with Crippen LogP contribution in [-0.4, -0.2) is 46.4 Å². The lowest BCUT2D eigenvalue weighted by Crippen LogP contribution is -2.32. The van der Waals surface area contributed by atoms with Crippen LogP contribution >= 0.6 is 0 Å². The molecule has 40 heavy (non-hydrogen) atoms. The fourth-order valence-corrected chi connectivity index (χ4v) is 5.11. The lowest BCUT2D eigenvalue weighted by Gasteiger charge is -2.37. The first kappa shape index (κ1) is 26.7. The Morgan fingerprint density at radius 1 is 1.07 bits per heavy atom. The number of benzene rings is 2. The van der Waals surface area contributed by atoms with E-state index in [2.05, 4.69) is 44.1 Å². The van der Waals surface area contributed by atoms with E-state index in [-0.39, 0.29) is 23.6 Å². The number of anilines is 2. The quantitative estimate of drug-likeness (QED) is 0.250. The van der Waals surface area contributed by atoms with Gasteiger partial charge in [-0.3, -0.25) is 9.78 Å². The Morgan fingerprint density at radius 2 is 1.90 bits per heavy atom. The number of carbonyl (C=O) groups is 1. The van der Waals surface area contributed by atoms with Crippen molar-refractivity contribution in [2.24, 2.45) is 0 Å². The third kappa shape index (κ3) is 5.44. The summed E-state index contributed by atoms with van der Waals surface area (Å²) in [5.41, 5.74) is 18.1. The number of pyridine rings is 1. The topological polar surface area (TPSA) is 129 Å². The Kier molecular flexibility index (Phi) is 7.63. The van der Waals surface area contributed by atoms with Crippen LogP contribution in [0.15, 0.2) is 73.2 Å². The van der Waals surface area contributed by atoms with Crippen LogP contribution in [0.4, 0.5) is 11.8 Å². The first-order chi connectivity index (χ1) is 19.4. The molecule has 0 bridgehead atoms. The van der Waals surface area contributed by atoms with Gasteiger partial charge in [-0.15, -0.1) is 0 Å². The highest BCUT2D eigenvalue weighted by atomic mass is 16.5. The molecule has 0 radical (unpaired) electrons. The zero-order valence-corrected chi connectivity index (χ0v) is 22.8. The normalized spacial score (nSPS) is 14.7. The summed E-state index contributed by atoms with van der Waals surface area (Å²) in [6.45, 7) is 2.73. The van der Waals surface area contributed by atoms with Crippen LogP contribution in [0.1, 0.15) is 49.9 Å². The van der Waals surface area contributed by atoms with E-state index in [4.69, 9.17) is 20.9 Å². The number of nitrogen functional groups attached to an aromatic ring is 2. The highest BCUT2D eigenvalue weighted by Crippen LogP contribution is 2.37. The van der Waals surface area contributed by atoms with Crippen LogP contribution in [0.5, 0.6) is 11.5 Å². The standard InChI is InChI=1S/C31H32N6O3/c1-19-8-9-22(17-34-19)28-24-7-5-4-6-21(24)10-12-37(28)13-11-26(38)25-15-20(16-27(39-2)29(25)40-3)14-23-18-35-31(33)36-30(23)32/h4-9,11,13,15-18,28H,10,12,14H2,1-3H3,(H4,32,33,35,36)/b13-11+. The Hall–Kier alpha value is -4.92. The summed E-state index contributed by atoms with van der Waals surface area (Å²) in [7, 11) is 3.06. The summed E-state index contributed by atoms with van der Waals surface area (Å²) < 4.78 is 11.2. The summed E-state index contributed by atoms with van der Waals surface area (Å²) in [6.07, 6.45) is 8.22. The number of nitrogens with two attached hydrogens (primary N) is 2. The van der Waals surface area contributed by atoms with Crippen molar-refractivity contribution in [3.63, 3.8) is 0 Å². The number of rotatable bonds is 8. The predicted octanol–water partition coefficient (Wildman–Crippen LogP) is 4.30. The fourth-order valence-electron chi connectivity index (χ4n) is 5.11. The van der Waals surface area contributed by atoms with Crippen molar-refractivity contribution in [3.8, 4) is 11.5 Å². The second-order valence-corrected chi connectivity index (χ2v) is 9.70. The number of nitrogens with zero attached hydrogens (tertiary/aromatic N) is 4. The molecule has 0 aliphatic carbocycles. The summed E-state index contributed by atoms with van der Waals surface area (Å²) in [5.74, 6) is 0.998. The van der Waals surface area contributed by atoms with Gasteiger partial charge in [0.25, 0.3) is 0 Å². The molecule has 1 aliphatic rings. The third-order valence-corrected chi connectivity index (χ3v) is 7.10. The van der Waals surface area contributed by atoms with Gasteiger partial charge in [0.15, 0.2) is 17.3 Å². The number of ketones is 1. The summed E-state index contributed by atoms with van der Waals surface area (Å²) >= 11 is 0. The van der Waals surface area contributed by atoms with E-state index in [9.17, 15) is 4.79 Å². The number of allylic oxidation sites excluding steroid dienone is 1. The molecule has 4 N–H and O–H groups in total. The molecule has 4 aromatic rings. The molecule has 9 nitrogen and oxygen atoms in total. The first-order valence-corrected chi connectivity index (χ1v) is 13.0. The molecule has 0 fully saturated rings. The van der Waals surface area contributed by atoms with E-state index in [1.807, 2.05) is 37.5 Å². The molecule has 0 amide bonds. The van der Waals surface area contributed by atoms with E-state index in [1.165, 1.54) is 25.3 Å². The SMILES string of the molecule is COc1cc(Cc2cnc(N)nc2N)cc(C(=O)/C=C/N2CCc3ccccc3C2c2ccc(C)nc2)c1OC. The van der Waals surface area contributed by atoms with Crippen LogP contribution in [0, 0.1) is 6.92 Å². The van der Waals surface area contributed by atoms with E-state index < -0.39 is 0 Å². The largest absolute Gasteiger partial charge is 0.493 e. The van der Waals surface area contributed by atoms with E-state index >= 15 is 0 Å². The number of fused-ring (bicyclic) bond motifs is 1. The molecule has 1 atom stereocenters. The maximum Gasteiger partial charge on any atom is 0.221 e. The molecular formula is C31H32N6O3. The van der Waals surface area contributed by atoms with Crippen molar-refractivity contribution in [2.75, 3.05) is 32.2 Å². The minimum absolute atomic E-state index is 0.0571. The molecule has 2 aromatic heterocycles. The van der Waals surface area contributed by atoms with Gasteiger partial charge in [0.1, 0.15) is 5.82 Å². The Morgan fingerprint density at radius 3 is 2.62 bits per heavy atom. The number of aromatic nitrogens is 3. The highest BCUT2D eigenvalue weighted by Gasteiger charge is 2.27. The molecule has 9 heteroatoms. The summed E-state index contributed by atoms with van der Waals surface area (Å²) in [6, 6.07) is 16.1. The number of hydrogen-bond donors (Lipinski definition) is 2. The third-order valence-electron chi connectivity index (χ3n) is 7.10. The van der Waals surface area contributed by atoms with E-state index in [0.29, 0.717) is 29.0 Å². The van der Waals surface area contributed by atoms with Gasteiger partial charge in [-0.25, -0.2) is 4.98 Å². The van der Waals surface area contributed by atoms with Crippen molar-refractivity contribution in [3.05, 3.63) is 112 Å². The molecule has 5 rings (SSSR count). The molecule has 0 saturated heterocycles. The van der Waals surface area contributed by atoms with Crippen molar-refractivity contribution in [1.82, 2.24) is 19.9 Å². The van der Waals surface area contributed by atoms with Gasteiger partial charge in [-0.2, -0.15) is 4.98 Å². The van der Waals surface area contributed by atoms with Gasteiger partial charge in [-0.05, 0) is 53.8 Å². The highest BCUT2D eigenvalue weighted by molar-refractivity contribution is 6.07. The number of ether oxygens (including phenoxy) is 2. The summed E-state index contributed by atoms with van der Waals surface area (Å²) in [5, 5.41) is 0. The van der Waals surface area contributed by atoms with Crippen molar-refractivity contribution < 1.29 is 14.3 Å². The molecule has 0 spiro atoms. The van der Waals surface area contributed by atoms with Gasteiger partial charge in [0.05, 0.1) is 25.8 Å². The van der Waals surface area contributed by atoms with Gasteiger partial charge >= 0.3 is 0 Å². The Balaban J connectivity index is 1.48. The minimum atomic E-state index is -0.210. The van der Waals surface area contributed by atoms with Crippen molar-refractivity contribution >= 4 is 17.5 Å². The average Bonchev–Trinajstić information content (AvgIpc) is 2.97. The fraction of sp³-hybridized carbons (Fsp3) is 0.226. The molecule has 0 saturated carbocycles. The molecule has 1 unspecified atom stereocenters. The van der Waals surface area contributed by atoms with E-state index in [1.54, 1.807) is 18.3 Å². The lowest BCUT2D eigenvalue weighted by atomic mass is 9.89. The average molecular weight is 537 g/mol. The summed E-state index contributed by atoms with van der Waals surface area (Å²) in [4.78, 5) is 28.5. The Labute approximate surface area is 233 Å². The maximum atomic E-state index is 13.7. The number of carbonyl (C=O) groups excluding carboxylic acids is 1. The minimum Gasteiger partial charge on any atom is -0.493 e. The molecule has 204 valence electrons. The van der Waals surface area contributed by atoms with Gasteiger partial charge in [0.2, 0.25) is 5.95 Å².